The summed E-state index contributed by atoms with van der Waals surface area (Å²) in [6.45, 7) is 1.51. The van der Waals surface area contributed by atoms with E-state index >= 15 is 0 Å². The van der Waals surface area contributed by atoms with Crippen LogP contribution < -0.4 is 0 Å². The molecule has 116 valence electrons. The minimum atomic E-state index is -4.95. The normalized spacial score (nSPS) is 24.2. The van der Waals surface area contributed by atoms with Gasteiger partial charge in [-0.15, -0.1) is 0 Å². The highest BCUT2D eigenvalue weighted by atomic mass is 19.4. The summed E-state index contributed by atoms with van der Waals surface area (Å²) >= 11 is 0. The molecule has 1 saturated heterocycles. The minimum Gasteiger partial charge on any atom is -0.460 e. The van der Waals surface area contributed by atoms with Gasteiger partial charge in [0.25, 0.3) is 5.60 Å². The van der Waals surface area contributed by atoms with Gasteiger partial charge in [0.1, 0.15) is 12.7 Å². The molecule has 0 saturated carbocycles. The molecule has 1 heterocycles. The highest BCUT2D eigenvalue weighted by molar-refractivity contribution is 5.82. The lowest BCUT2D eigenvalue weighted by Gasteiger charge is -2.32. The van der Waals surface area contributed by atoms with E-state index in [0.717, 1.165) is 7.11 Å². The Kier molecular flexibility index (Phi) is 4.25. The van der Waals surface area contributed by atoms with Crippen LogP contribution in [0.4, 0.5) is 13.2 Å². The van der Waals surface area contributed by atoms with E-state index in [4.69, 9.17) is 9.47 Å². The maximum atomic E-state index is 13.5. The third-order valence-corrected chi connectivity index (χ3v) is 3.39. The Morgan fingerprint density at radius 2 is 1.86 bits per heavy atom. The molecular weight excluding hydrogens is 289 g/mol. The number of methoxy groups -OCH3 is 1. The van der Waals surface area contributed by atoms with Crippen LogP contribution in [0.25, 0.3) is 0 Å². The van der Waals surface area contributed by atoms with Crippen LogP contribution in [-0.2, 0) is 24.6 Å². The van der Waals surface area contributed by atoms with E-state index in [2.05, 4.69) is 4.74 Å². The van der Waals surface area contributed by atoms with Gasteiger partial charge in [0.2, 0.25) is 0 Å². The molecule has 0 spiro atoms. The van der Waals surface area contributed by atoms with E-state index in [9.17, 15) is 18.0 Å². The molecule has 1 aliphatic rings. The second kappa shape index (κ2) is 5.65. The number of epoxide rings is 1. The molecule has 0 aromatic heterocycles. The Balaban J connectivity index is 2.29. The van der Waals surface area contributed by atoms with Crippen molar-refractivity contribution in [2.45, 2.75) is 30.9 Å². The van der Waals surface area contributed by atoms with Gasteiger partial charge in [0, 0.05) is 12.7 Å². The Bertz CT molecular complexity index is 503. The van der Waals surface area contributed by atoms with Crippen molar-refractivity contribution in [1.29, 1.82) is 0 Å². The SMILES string of the molecule is CO[C@@](C(=O)OC[C@@H]1O[C@H]1C)(c1ccccc1)C(F)(F)F. The number of carbonyl (C=O) groups is 1. The van der Waals surface area contributed by atoms with Crippen molar-refractivity contribution in [3.63, 3.8) is 0 Å². The number of benzene rings is 1. The number of rotatable bonds is 5. The summed E-state index contributed by atoms with van der Waals surface area (Å²) in [5.74, 6) is -1.49. The Morgan fingerprint density at radius 3 is 2.29 bits per heavy atom. The molecule has 0 amide bonds. The number of hydrogen-bond donors (Lipinski definition) is 0. The summed E-state index contributed by atoms with van der Waals surface area (Å²) in [5, 5.41) is 0. The third kappa shape index (κ3) is 2.89. The number of alkyl halides is 3. The molecule has 1 aliphatic heterocycles. The molecule has 0 radical (unpaired) electrons. The van der Waals surface area contributed by atoms with Gasteiger partial charge in [-0.3, -0.25) is 0 Å². The average molecular weight is 304 g/mol. The maximum absolute atomic E-state index is 13.5. The van der Waals surface area contributed by atoms with Crippen LogP contribution in [0.2, 0.25) is 0 Å². The minimum absolute atomic E-state index is 0.114. The molecule has 1 aromatic carbocycles. The first-order valence-corrected chi connectivity index (χ1v) is 6.33. The van der Waals surface area contributed by atoms with Crippen molar-refractivity contribution < 1.29 is 32.2 Å². The van der Waals surface area contributed by atoms with Crippen molar-refractivity contribution in [3.8, 4) is 0 Å². The third-order valence-electron chi connectivity index (χ3n) is 3.39. The first kappa shape index (κ1) is 15.8. The summed E-state index contributed by atoms with van der Waals surface area (Å²) in [6.07, 6.45) is -5.42. The smallest absolute Gasteiger partial charge is 0.432 e. The zero-order valence-corrected chi connectivity index (χ0v) is 11.5. The van der Waals surface area contributed by atoms with E-state index in [1.165, 1.54) is 24.3 Å². The number of esters is 1. The molecule has 2 rings (SSSR count). The Morgan fingerprint density at radius 1 is 1.29 bits per heavy atom. The van der Waals surface area contributed by atoms with Gasteiger partial charge in [0.15, 0.2) is 0 Å². The lowest BCUT2D eigenvalue weighted by atomic mass is 9.93. The predicted octanol–water partition coefficient (Wildman–Crippen LogP) is 2.42. The van der Waals surface area contributed by atoms with Crippen LogP contribution >= 0.6 is 0 Å². The lowest BCUT2D eigenvalue weighted by Crippen LogP contribution is -2.52. The molecule has 0 N–H and O–H groups in total. The fraction of sp³-hybridized carbons (Fsp3) is 0.500. The summed E-state index contributed by atoms with van der Waals surface area (Å²) in [7, 11) is 0.831. The van der Waals surface area contributed by atoms with E-state index in [0.29, 0.717) is 0 Å². The number of carbonyl (C=O) groups excluding carboxylic acids is 1. The molecule has 21 heavy (non-hydrogen) atoms. The maximum Gasteiger partial charge on any atom is 0.432 e. The quantitative estimate of drug-likeness (QED) is 0.619. The molecule has 3 atom stereocenters. The average Bonchev–Trinajstić information content (AvgIpc) is 3.13. The second-order valence-corrected chi connectivity index (χ2v) is 4.73. The fourth-order valence-electron chi connectivity index (χ4n) is 2.05. The van der Waals surface area contributed by atoms with Crippen molar-refractivity contribution in [3.05, 3.63) is 35.9 Å². The first-order chi connectivity index (χ1) is 9.83. The molecule has 1 fully saturated rings. The standard InChI is InChI=1S/C14H15F3O4/c1-9-11(21-9)8-20-12(18)13(19-2,14(15,16)17)10-6-4-3-5-7-10/h3-7,9,11H,8H2,1-2H3/t9-,11-,13+/m0/s1. The van der Waals surface area contributed by atoms with Crippen LogP contribution in [0.1, 0.15) is 12.5 Å². The zero-order chi connectivity index (χ0) is 15.7. The van der Waals surface area contributed by atoms with E-state index < -0.39 is 17.7 Å². The Labute approximate surface area is 119 Å². The number of hydrogen-bond acceptors (Lipinski definition) is 4. The second-order valence-electron chi connectivity index (χ2n) is 4.73. The number of ether oxygens (including phenoxy) is 3. The molecular formula is C14H15F3O4. The zero-order valence-electron chi connectivity index (χ0n) is 11.5. The topological polar surface area (TPSA) is 48.1 Å². The van der Waals surface area contributed by atoms with Crippen LogP contribution in [0.5, 0.6) is 0 Å². The van der Waals surface area contributed by atoms with Crippen molar-refractivity contribution in [1.82, 2.24) is 0 Å². The van der Waals surface area contributed by atoms with E-state index in [1.807, 2.05) is 0 Å². The summed E-state index contributed by atoms with van der Waals surface area (Å²) in [6, 6.07) is 6.69. The molecule has 4 nitrogen and oxygen atoms in total. The van der Waals surface area contributed by atoms with Crippen molar-refractivity contribution >= 4 is 5.97 Å². The molecule has 0 unspecified atom stereocenters. The highest BCUT2D eigenvalue weighted by Gasteiger charge is 2.64. The van der Waals surface area contributed by atoms with Crippen molar-refractivity contribution in [2.75, 3.05) is 13.7 Å². The van der Waals surface area contributed by atoms with Gasteiger partial charge >= 0.3 is 12.1 Å². The fourth-order valence-corrected chi connectivity index (χ4v) is 2.05. The summed E-state index contributed by atoms with van der Waals surface area (Å²) < 4.78 is 54.8. The molecule has 1 aromatic rings. The van der Waals surface area contributed by atoms with Crippen LogP contribution in [0, 0.1) is 0 Å². The van der Waals surface area contributed by atoms with Gasteiger partial charge in [-0.1, -0.05) is 30.3 Å². The van der Waals surface area contributed by atoms with Crippen LogP contribution in [-0.4, -0.2) is 38.1 Å². The monoisotopic (exact) mass is 304 g/mol. The first-order valence-electron chi connectivity index (χ1n) is 6.33. The summed E-state index contributed by atoms with van der Waals surface area (Å²) in [4.78, 5) is 12.1. The van der Waals surface area contributed by atoms with Gasteiger partial charge < -0.3 is 14.2 Å². The highest BCUT2D eigenvalue weighted by Crippen LogP contribution is 2.43. The van der Waals surface area contributed by atoms with Gasteiger partial charge in [0.05, 0.1) is 6.10 Å². The van der Waals surface area contributed by atoms with E-state index in [-0.39, 0.29) is 24.4 Å². The molecule has 7 heteroatoms. The molecule has 0 bridgehead atoms. The van der Waals surface area contributed by atoms with Crippen molar-refractivity contribution in [2.24, 2.45) is 0 Å². The summed E-state index contributed by atoms with van der Waals surface area (Å²) in [5.41, 5.74) is -3.46. The molecule has 0 aliphatic carbocycles. The largest absolute Gasteiger partial charge is 0.460 e. The Hall–Kier alpha value is -1.60. The number of halogens is 3. The van der Waals surface area contributed by atoms with Gasteiger partial charge in [-0.25, -0.2) is 4.79 Å². The van der Waals surface area contributed by atoms with Gasteiger partial charge in [-0.2, -0.15) is 13.2 Å². The van der Waals surface area contributed by atoms with Crippen LogP contribution in [0.3, 0.4) is 0 Å². The lowest BCUT2D eigenvalue weighted by molar-refractivity contribution is -0.276. The van der Waals surface area contributed by atoms with E-state index in [1.54, 1.807) is 13.0 Å². The van der Waals surface area contributed by atoms with Gasteiger partial charge in [-0.05, 0) is 6.92 Å². The predicted molar refractivity (Wildman–Crippen MR) is 66.5 cm³/mol. The van der Waals surface area contributed by atoms with Crippen LogP contribution in [0.15, 0.2) is 30.3 Å².